The van der Waals surface area contributed by atoms with Crippen LogP contribution in [-0.4, -0.2) is 10.2 Å². The number of phenolic OH excluding ortho intramolecular Hbond substituents is 2. The van der Waals surface area contributed by atoms with Gasteiger partial charge in [-0.3, -0.25) is 0 Å². The van der Waals surface area contributed by atoms with E-state index in [-0.39, 0.29) is 11.5 Å². The van der Waals surface area contributed by atoms with Gasteiger partial charge in [0.1, 0.15) is 0 Å². The number of hydrogen-bond donors (Lipinski definition) is 2. The van der Waals surface area contributed by atoms with E-state index in [1.165, 1.54) is 12.1 Å². The van der Waals surface area contributed by atoms with Crippen LogP contribution in [0.1, 0.15) is 0 Å². The number of phenols is 2. The van der Waals surface area contributed by atoms with Crippen molar-refractivity contribution < 1.29 is 10.2 Å². The molecule has 0 fully saturated rings. The summed E-state index contributed by atoms with van der Waals surface area (Å²) in [7, 11) is 0. The molecule has 0 aliphatic heterocycles. The van der Waals surface area contributed by atoms with Crippen LogP contribution in [0.5, 0.6) is 11.5 Å². The van der Waals surface area contributed by atoms with Crippen LogP contribution >= 0.6 is 0 Å². The van der Waals surface area contributed by atoms with Crippen molar-refractivity contribution in [3.8, 4) is 11.5 Å². The third-order valence-corrected chi connectivity index (χ3v) is 1.55. The Hall–Kier alpha value is -1.96. The Labute approximate surface area is 83.1 Å². The summed E-state index contributed by atoms with van der Waals surface area (Å²) in [5, 5.41) is 17.3. The molecule has 0 aliphatic carbocycles. The SMILES string of the molecule is Oc1ccccc1O.c1ccccc1. The van der Waals surface area contributed by atoms with E-state index >= 15 is 0 Å². The van der Waals surface area contributed by atoms with Crippen LogP contribution in [0.4, 0.5) is 0 Å². The molecule has 0 aliphatic rings. The molecule has 0 unspecified atom stereocenters. The molecule has 0 spiro atoms. The lowest BCUT2D eigenvalue weighted by Gasteiger charge is -1.91. The van der Waals surface area contributed by atoms with Crippen molar-refractivity contribution in [3.05, 3.63) is 60.7 Å². The first-order valence-electron chi connectivity index (χ1n) is 4.27. The Morgan fingerprint density at radius 2 is 0.786 bits per heavy atom. The minimum absolute atomic E-state index is 0.0764. The largest absolute Gasteiger partial charge is 0.504 e. The van der Waals surface area contributed by atoms with Gasteiger partial charge in [0, 0.05) is 0 Å². The number of para-hydroxylation sites is 2. The number of rotatable bonds is 0. The monoisotopic (exact) mass is 188 g/mol. The standard InChI is InChI=1S/C6H6O2.C6H6/c7-5-3-1-2-4-6(5)8;1-2-4-6-5-3-1/h1-4,7-8H;1-6H. The van der Waals surface area contributed by atoms with Crippen molar-refractivity contribution in [1.29, 1.82) is 0 Å². The fraction of sp³-hybridized carbons (Fsp3) is 0. The summed E-state index contributed by atoms with van der Waals surface area (Å²) >= 11 is 0. The van der Waals surface area contributed by atoms with Gasteiger partial charge in [-0.2, -0.15) is 0 Å². The molecule has 0 aromatic heterocycles. The van der Waals surface area contributed by atoms with Crippen LogP contribution in [0.25, 0.3) is 0 Å². The second-order valence-corrected chi connectivity index (χ2v) is 2.64. The highest BCUT2D eigenvalue weighted by molar-refractivity contribution is 5.36. The zero-order valence-electron chi connectivity index (χ0n) is 7.67. The lowest BCUT2D eigenvalue weighted by atomic mass is 10.3. The van der Waals surface area contributed by atoms with Crippen molar-refractivity contribution in [2.45, 2.75) is 0 Å². The van der Waals surface area contributed by atoms with Gasteiger partial charge in [-0.05, 0) is 12.1 Å². The fourth-order valence-electron chi connectivity index (χ4n) is 0.849. The maximum absolute atomic E-state index is 8.67. The molecule has 0 heterocycles. The quantitative estimate of drug-likeness (QED) is 0.624. The average Bonchev–Trinajstić information content (AvgIpc) is 2.26. The Bertz CT molecular complexity index is 310. The van der Waals surface area contributed by atoms with E-state index in [0.29, 0.717) is 0 Å². The van der Waals surface area contributed by atoms with Crippen molar-refractivity contribution in [2.75, 3.05) is 0 Å². The van der Waals surface area contributed by atoms with Crippen LogP contribution in [0.15, 0.2) is 60.7 Å². The van der Waals surface area contributed by atoms with Gasteiger partial charge in [-0.15, -0.1) is 0 Å². The molecule has 2 heteroatoms. The van der Waals surface area contributed by atoms with E-state index in [2.05, 4.69) is 0 Å². The number of aromatic hydroxyl groups is 2. The number of benzene rings is 2. The summed E-state index contributed by atoms with van der Waals surface area (Å²) < 4.78 is 0. The van der Waals surface area contributed by atoms with Gasteiger partial charge in [0.15, 0.2) is 11.5 Å². The van der Waals surface area contributed by atoms with Gasteiger partial charge >= 0.3 is 0 Å². The lowest BCUT2D eigenvalue weighted by Crippen LogP contribution is -1.63. The van der Waals surface area contributed by atoms with Crippen molar-refractivity contribution >= 4 is 0 Å². The molecular weight excluding hydrogens is 176 g/mol. The Morgan fingerprint density at radius 3 is 1.00 bits per heavy atom. The second-order valence-electron chi connectivity index (χ2n) is 2.64. The minimum Gasteiger partial charge on any atom is -0.504 e. The highest BCUT2D eigenvalue weighted by Gasteiger charge is 1.90. The molecule has 0 bridgehead atoms. The second kappa shape index (κ2) is 5.65. The van der Waals surface area contributed by atoms with Gasteiger partial charge in [0.25, 0.3) is 0 Å². The molecule has 0 amide bonds. The maximum atomic E-state index is 8.67. The minimum atomic E-state index is -0.0764. The maximum Gasteiger partial charge on any atom is 0.157 e. The summed E-state index contributed by atoms with van der Waals surface area (Å²) in [6, 6.07) is 18.1. The predicted molar refractivity (Wildman–Crippen MR) is 56.2 cm³/mol. The highest BCUT2D eigenvalue weighted by atomic mass is 16.3. The zero-order chi connectivity index (χ0) is 10.2. The molecule has 0 atom stereocenters. The van der Waals surface area contributed by atoms with Crippen molar-refractivity contribution in [1.82, 2.24) is 0 Å². The summed E-state index contributed by atoms with van der Waals surface area (Å²) in [6.45, 7) is 0. The normalized spacial score (nSPS) is 8.57. The average molecular weight is 188 g/mol. The first kappa shape index (κ1) is 10.1. The smallest absolute Gasteiger partial charge is 0.157 e. The van der Waals surface area contributed by atoms with Crippen molar-refractivity contribution in [2.24, 2.45) is 0 Å². The molecule has 2 nitrogen and oxygen atoms in total. The van der Waals surface area contributed by atoms with E-state index in [9.17, 15) is 0 Å². The van der Waals surface area contributed by atoms with Gasteiger partial charge in [0.2, 0.25) is 0 Å². The Kier molecular flexibility index (Phi) is 4.08. The van der Waals surface area contributed by atoms with Crippen LogP contribution in [-0.2, 0) is 0 Å². The number of hydrogen-bond acceptors (Lipinski definition) is 2. The molecular formula is C12H12O2. The van der Waals surface area contributed by atoms with E-state index in [1.54, 1.807) is 12.1 Å². The fourth-order valence-corrected chi connectivity index (χ4v) is 0.849. The highest BCUT2D eigenvalue weighted by Crippen LogP contribution is 2.21. The molecule has 2 N–H and O–H groups in total. The molecule has 14 heavy (non-hydrogen) atoms. The zero-order valence-corrected chi connectivity index (χ0v) is 7.67. The third kappa shape index (κ3) is 3.63. The third-order valence-electron chi connectivity index (χ3n) is 1.55. The molecule has 2 rings (SSSR count). The summed E-state index contributed by atoms with van der Waals surface area (Å²) in [5.41, 5.74) is 0. The van der Waals surface area contributed by atoms with Gasteiger partial charge in [-0.1, -0.05) is 48.5 Å². The van der Waals surface area contributed by atoms with Crippen LogP contribution < -0.4 is 0 Å². The van der Waals surface area contributed by atoms with Gasteiger partial charge in [0.05, 0.1) is 0 Å². The van der Waals surface area contributed by atoms with E-state index < -0.39 is 0 Å². The van der Waals surface area contributed by atoms with E-state index in [1.807, 2.05) is 36.4 Å². The summed E-state index contributed by atoms with van der Waals surface area (Å²) in [6.07, 6.45) is 0. The molecule has 0 saturated heterocycles. The molecule has 2 aromatic carbocycles. The molecule has 72 valence electrons. The summed E-state index contributed by atoms with van der Waals surface area (Å²) in [5.74, 6) is -0.153. The van der Waals surface area contributed by atoms with Crippen LogP contribution in [0.3, 0.4) is 0 Å². The van der Waals surface area contributed by atoms with Crippen molar-refractivity contribution in [3.63, 3.8) is 0 Å². The lowest BCUT2D eigenvalue weighted by molar-refractivity contribution is 0.404. The Morgan fingerprint density at radius 1 is 0.500 bits per heavy atom. The Balaban J connectivity index is 0.000000146. The molecule has 0 saturated carbocycles. The van der Waals surface area contributed by atoms with E-state index in [4.69, 9.17) is 10.2 Å². The van der Waals surface area contributed by atoms with Crippen LogP contribution in [0.2, 0.25) is 0 Å². The van der Waals surface area contributed by atoms with Gasteiger partial charge in [-0.25, -0.2) is 0 Å². The van der Waals surface area contributed by atoms with Gasteiger partial charge < -0.3 is 10.2 Å². The topological polar surface area (TPSA) is 40.5 Å². The van der Waals surface area contributed by atoms with Crippen LogP contribution in [0, 0.1) is 0 Å². The van der Waals surface area contributed by atoms with E-state index in [0.717, 1.165) is 0 Å². The predicted octanol–water partition coefficient (Wildman–Crippen LogP) is 2.78. The first-order valence-corrected chi connectivity index (χ1v) is 4.27. The molecule has 2 aromatic rings. The summed E-state index contributed by atoms with van der Waals surface area (Å²) in [4.78, 5) is 0. The first-order chi connectivity index (χ1) is 6.80. The molecule has 0 radical (unpaired) electrons.